The molecule has 0 aliphatic heterocycles. The Hall–Kier alpha value is -6.50. The zero-order chi connectivity index (χ0) is 41.2. The molecule has 0 saturated carbocycles. The summed E-state index contributed by atoms with van der Waals surface area (Å²) in [5.74, 6) is 2.19. The summed E-state index contributed by atoms with van der Waals surface area (Å²) in [5, 5.41) is 2.03. The molecule has 0 unspecified atom stereocenters. The van der Waals surface area contributed by atoms with Gasteiger partial charge in [0.05, 0.1) is 34.6 Å². The molecule has 274 valence electrons. The van der Waals surface area contributed by atoms with Gasteiger partial charge in [0.15, 0.2) is 0 Å². The molecular formula is C47H32N6O2Pt-2. The van der Waals surface area contributed by atoms with Crippen LogP contribution < -0.4 is 9.30 Å². The van der Waals surface area contributed by atoms with Gasteiger partial charge >= 0.3 is 0 Å². The number of hydrogen-bond acceptors (Lipinski definition) is 4. The van der Waals surface area contributed by atoms with Gasteiger partial charge < -0.3 is 18.1 Å². The van der Waals surface area contributed by atoms with Gasteiger partial charge in [-0.05, 0) is 64.0 Å². The van der Waals surface area contributed by atoms with Crippen molar-refractivity contribution in [2.24, 2.45) is 0 Å². The van der Waals surface area contributed by atoms with E-state index in [1.165, 1.54) is 4.57 Å². The van der Waals surface area contributed by atoms with Gasteiger partial charge in [0.2, 0.25) is 5.78 Å². The van der Waals surface area contributed by atoms with E-state index in [2.05, 4.69) is 61.8 Å². The number of fused-ring (bicyclic) bond motifs is 9. The summed E-state index contributed by atoms with van der Waals surface area (Å²) in [6.07, 6.45) is 5.05. The van der Waals surface area contributed by atoms with E-state index in [1.807, 2.05) is 89.6 Å². The van der Waals surface area contributed by atoms with Gasteiger partial charge in [-0.1, -0.05) is 81.4 Å². The molecule has 0 aliphatic rings. The van der Waals surface area contributed by atoms with Crippen molar-refractivity contribution in [2.45, 2.75) is 26.2 Å². The minimum atomic E-state index is -0.459. The standard InChI is InChI=1S/C47H32N6O2.Pt/c1-47(2,3)30-22-23-48-45(24-30)53-42-26-34(20-21-40(42)52-41-28-44-36(27-37(41)49-46(52)53)35-16-7-10-19-43(35)55-44)54-33-15-11-14-32(25-33)51-29-50(31-12-5-4-6-13-31)38-17-8-9-18-39(38)51;/h4-24,27-28H,1-3H3;/q-2;/i4D,5D,6D,12D,13D;. The van der Waals surface area contributed by atoms with E-state index in [-0.39, 0.29) is 44.3 Å². The molecule has 6 aromatic carbocycles. The predicted octanol–water partition coefficient (Wildman–Crippen LogP) is 10.4. The van der Waals surface area contributed by atoms with Crippen molar-refractivity contribution in [2.75, 3.05) is 0 Å². The third-order valence-electron chi connectivity index (χ3n) is 10.0. The maximum absolute atomic E-state index is 8.63. The predicted molar refractivity (Wildman–Crippen MR) is 215 cm³/mol. The Kier molecular flexibility index (Phi) is 6.59. The minimum Gasteiger partial charge on any atom is -0.510 e. The average molecular weight is 913 g/mol. The second-order valence-corrected chi connectivity index (χ2v) is 14.5. The summed E-state index contributed by atoms with van der Waals surface area (Å²) in [5.41, 5.74) is 7.68. The summed E-state index contributed by atoms with van der Waals surface area (Å²) in [4.78, 5) is 10.1. The van der Waals surface area contributed by atoms with Crippen LogP contribution in [0.4, 0.5) is 0 Å². The number of imidazole rings is 3. The third-order valence-corrected chi connectivity index (χ3v) is 10.0. The molecule has 0 aliphatic carbocycles. The number of nitrogens with zero attached hydrogens (tertiary/aromatic N) is 6. The molecule has 8 nitrogen and oxygen atoms in total. The molecule has 0 atom stereocenters. The van der Waals surface area contributed by atoms with Gasteiger partial charge in [0, 0.05) is 55.6 Å². The van der Waals surface area contributed by atoms with Crippen molar-refractivity contribution in [3.63, 3.8) is 0 Å². The largest absolute Gasteiger partial charge is 0.510 e. The minimum absolute atomic E-state index is 0. The Morgan fingerprint density at radius 3 is 2.46 bits per heavy atom. The second kappa shape index (κ2) is 12.8. The Labute approximate surface area is 343 Å². The molecular weight excluding hydrogens is 876 g/mol. The molecule has 11 aromatic rings. The fraction of sp³-hybridized carbons (Fsp3) is 0.0851. The molecule has 0 radical (unpaired) electrons. The summed E-state index contributed by atoms with van der Waals surface area (Å²) >= 11 is 0. The van der Waals surface area contributed by atoms with Crippen molar-refractivity contribution >= 4 is 60.8 Å². The van der Waals surface area contributed by atoms with Gasteiger partial charge in [0.1, 0.15) is 17.0 Å². The number of ether oxygens (including phenoxy) is 1. The van der Waals surface area contributed by atoms with Gasteiger partial charge in [-0.25, -0.2) is 9.97 Å². The van der Waals surface area contributed by atoms with E-state index in [4.69, 9.17) is 26.0 Å². The third kappa shape index (κ3) is 5.35. The molecule has 9 heteroatoms. The number of aromatic nitrogens is 6. The average Bonchev–Trinajstić information content (AvgIpc) is 3.99. The summed E-state index contributed by atoms with van der Waals surface area (Å²) < 4.78 is 62.0. The van der Waals surface area contributed by atoms with E-state index < -0.39 is 18.1 Å². The van der Waals surface area contributed by atoms with Crippen molar-refractivity contribution in [1.29, 1.82) is 0 Å². The summed E-state index contributed by atoms with van der Waals surface area (Å²) in [6.45, 7) is 6.51. The van der Waals surface area contributed by atoms with Crippen LogP contribution in [-0.4, -0.2) is 23.5 Å². The maximum atomic E-state index is 8.63. The first-order valence-electron chi connectivity index (χ1n) is 20.3. The van der Waals surface area contributed by atoms with Gasteiger partial charge in [-0.2, -0.15) is 12.1 Å². The van der Waals surface area contributed by atoms with Crippen LogP contribution in [-0.2, 0) is 26.5 Å². The van der Waals surface area contributed by atoms with E-state index in [9.17, 15) is 0 Å². The Morgan fingerprint density at radius 2 is 1.59 bits per heavy atom. The van der Waals surface area contributed by atoms with Crippen molar-refractivity contribution < 1.29 is 41.6 Å². The van der Waals surface area contributed by atoms with Crippen LogP contribution in [0, 0.1) is 18.5 Å². The topological polar surface area (TPSA) is 66.3 Å². The first-order chi connectivity index (χ1) is 28.9. The summed E-state index contributed by atoms with van der Waals surface area (Å²) in [7, 11) is 0. The quantitative estimate of drug-likeness (QED) is 0.127. The van der Waals surface area contributed by atoms with Crippen LogP contribution in [0.5, 0.6) is 11.5 Å². The number of furan rings is 1. The SMILES string of the molecule is [2H]c1c([2H])c([2H])c(-[n+]2[c-]n(-c3[c-]c(Oc4[c-]c5c(cc4)n4c6cc7oc8ccccc8c7cc6nc4n5-c4cc(C(C)(C)C)ccn4)ccc3)c3ccccc32)c([2H])c1[2H].[Pt]. The Bertz CT molecular complexity index is 3570. The zero-order valence-corrected chi connectivity index (χ0v) is 32.5. The smallest absolute Gasteiger partial charge is 0.268 e. The second-order valence-electron chi connectivity index (χ2n) is 14.5. The fourth-order valence-electron chi connectivity index (χ4n) is 7.37. The summed E-state index contributed by atoms with van der Waals surface area (Å²) in [6, 6.07) is 37.9. The number of para-hydroxylation sites is 4. The number of benzene rings is 6. The molecule has 56 heavy (non-hydrogen) atoms. The number of hydrogen-bond donors (Lipinski definition) is 0. The number of rotatable bonds is 5. The molecule has 11 rings (SSSR count). The van der Waals surface area contributed by atoms with Crippen molar-refractivity contribution in [3.05, 3.63) is 164 Å². The van der Waals surface area contributed by atoms with Crippen LogP contribution >= 0.6 is 0 Å². The molecule has 0 N–H and O–H groups in total. The molecule has 5 heterocycles. The van der Waals surface area contributed by atoms with Crippen molar-refractivity contribution in [3.8, 4) is 28.7 Å². The Balaban J connectivity index is 0.00000445. The van der Waals surface area contributed by atoms with Crippen LogP contribution in [0.2, 0.25) is 0 Å². The Morgan fingerprint density at radius 1 is 0.768 bits per heavy atom. The van der Waals surface area contributed by atoms with Gasteiger partial charge in [0.25, 0.3) is 6.33 Å². The van der Waals surface area contributed by atoms with Gasteiger partial charge in [-0.15, -0.1) is 30.3 Å². The van der Waals surface area contributed by atoms with E-state index in [1.54, 1.807) is 10.6 Å². The first kappa shape index (κ1) is 28.9. The van der Waals surface area contributed by atoms with Crippen LogP contribution in [0.1, 0.15) is 33.2 Å². The van der Waals surface area contributed by atoms with E-state index in [0.29, 0.717) is 45.3 Å². The molecule has 0 spiro atoms. The van der Waals surface area contributed by atoms with Crippen molar-refractivity contribution in [1.82, 2.24) is 23.5 Å². The van der Waals surface area contributed by atoms with Crippen LogP contribution in [0.3, 0.4) is 0 Å². The van der Waals surface area contributed by atoms with Crippen LogP contribution in [0.15, 0.2) is 144 Å². The fourth-order valence-corrected chi connectivity index (χ4v) is 7.37. The van der Waals surface area contributed by atoms with Gasteiger partial charge in [-0.3, -0.25) is 9.13 Å². The van der Waals surface area contributed by atoms with Crippen LogP contribution in [0.25, 0.3) is 78.0 Å². The molecule has 0 bridgehead atoms. The molecule has 5 aromatic heterocycles. The van der Waals surface area contributed by atoms with E-state index in [0.717, 1.165) is 44.1 Å². The molecule has 0 amide bonds. The first-order valence-corrected chi connectivity index (χ1v) is 17.8. The monoisotopic (exact) mass is 912 g/mol. The maximum Gasteiger partial charge on any atom is 0.268 e. The van der Waals surface area contributed by atoms with E-state index >= 15 is 0 Å². The molecule has 0 fully saturated rings. The normalized spacial score (nSPS) is 13.3. The molecule has 0 saturated heterocycles. The number of pyridine rings is 1. The zero-order valence-electron chi connectivity index (χ0n) is 35.2.